The van der Waals surface area contributed by atoms with Gasteiger partial charge in [-0.3, -0.25) is 0 Å². The van der Waals surface area contributed by atoms with Gasteiger partial charge in [-0.05, 0) is 29.0 Å². The molecule has 0 saturated carbocycles. The minimum absolute atomic E-state index is 1.19. The van der Waals surface area contributed by atoms with E-state index in [1.165, 1.54) is 25.1 Å². The van der Waals surface area contributed by atoms with Gasteiger partial charge < -0.3 is 0 Å². The van der Waals surface area contributed by atoms with Gasteiger partial charge in [-0.15, -0.1) is 39.6 Å². The van der Waals surface area contributed by atoms with E-state index in [4.69, 9.17) is 0 Å². The summed E-state index contributed by atoms with van der Waals surface area (Å²) in [5, 5.41) is 4.27. The van der Waals surface area contributed by atoms with Crippen molar-refractivity contribution in [3.8, 4) is 31.0 Å². The minimum Gasteiger partial charge on any atom is -0.143 e. The molecule has 0 nitrogen and oxygen atoms in total. The van der Waals surface area contributed by atoms with Crippen molar-refractivity contribution < 1.29 is 0 Å². The molecule has 0 N–H and O–H groups in total. The van der Waals surface area contributed by atoms with Gasteiger partial charge in [0.2, 0.25) is 0 Å². The predicted molar refractivity (Wildman–Crippen MR) is 101 cm³/mol. The lowest BCUT2D eigenvalue weighted by molar-refractivity contribution is 1.78. The minimum atomic E-state index is -1.36. The van der Waals surface area contributed by atoms with E-state index in [1.54, 1.807) is 22.7 Å². The highest BCUT2D eigenvalue weighted by molar-refractivity contribution is 7.26. The van der Waals surface area contributed by atoms with Crippen LogP contribution in [0, 0.1) is 11.5 Å². The van der Waals surface area contributed by atoms with Gasteiger partial charge in [-0.25, -0.2) is 0 Å². The molecule has 0 fully saturated rings. The fraction of sp³-hybridized carbons (Fsp3) is 0.176. The molecule has 106 valence electrons. The molecule has 0 bridgehead atoms. The van der Waals surface area contributed by atoms with Gasteiger partial charge in [-0.2, -0.15) is 0 Å². The lowest BCUT2D eigenvalue weighted by Crippen LogP contribution is -2.16. The first-order valence-electron chi connectivity index (χ1n) is 6.78. The lowest BCUT2D eigenvalue weighted by atomic mass is 10.2. The molecule has 0 aliphatic carbocycles. The summed E-state index contributed by atoms with van der Waals surface area (Å²) < 4.78 is 0. The van der Waals surface area contributed by atoms with Gasteiger partial charge in [0.25, 0.3) is 0 Å². The Bertz CT molecular complexity index is 776. The highest BCUT2D eigenvalue weighted by Gasteiger charge is 2.14. The average molecular weight is 345 g/mol. The van der Waals surface area contributed by atoms with Crippen LogP contribution in [0.3, 0.4) is 0 Å². The Hall–Kier alpha value is -1.12. The SMILES string of the molecule is C[Si](C)(C)C#Cc1cc(-c2cccs2)sc1-c1cccs1. The fourth-order valence-electron chi connectivity index (χ4n) is 1.87. The van der Waals surface area contributed by atoms with E-state index in [1.807, 2.05) is 11.3 Å². The second-order valence-corrected chi connectivity index (χ2v) is 13.5. The van der Waals surface area contributed by atoms with Crippen LogP contribution in [0.15, 0.2) is 41.1 Å². The zero-order chi connectivity index (χ0) is 14.9. The second-order valence-electron chi connectivity index (χ2n) is 5.81. The van der Waals surface area contributed by atoms with Crippen molar-refractivity contribution in [3.05, 3.63) is 46.7 Å². The van der Waals surface area contributed by atoms with Crippen molar-refractivity contribution in [2.75, 3.05) is 0 Å². The van der Waals surface area contributed by atoms with E-state index in [9.17, 15) is 0 Å². The quantitative estimate of drug-likeness (QED) is 0.371. The summed E-state index contributed by atoms with van der Waals surface area (Å²) in [4.78, 5) is 5.30. The van der Waals surface area contributed by atoms with Gasteiger partial charge in [0.1, 0.15) is 8.07 Å². The standard InChI is InChI=1S/C17H16S3Si/c1-21(2,3)11-8-13-12-16(14-6-4-9-18-14)20-17(13)15-7-5-10-19-15/h4-7,9-10,12H,1-3H3. The summed E-state index contributed by atoms with van der Waals surface area (Å²) in [6, 6.07) is 10.9. The molecule has 3 aromatic heterocycles. The molecule has 0 aliphatic rings. The first-order chi connectivity index (χ1) is 10.0. The Morgan fingerprint density at radius 3 is 2.14 bits per heavy atom. The van der Waals surface area contributed by atoms with Crippen molar-refractivity contribution >= 4 is 42.1 Å². The Morgan fingerprint density at radius 2 is 1.57 bits per heavy atom. The average Bonchev–Trinajstić information content (AvgIpc) is 3.15. The molecule has 0 aromatic carbocycles. The molecule has 3 heterocycles. The molecule has 0 radical (unpaired) electrons. The van der Waals surface area contributed by atoms with Crippen LogP contribution in [0.4, 0.5) is 0 Å². The molecular weight excluding hydrogens is 328 g/mol. The maximum absolute atomic E-state index is 3.50. The van der Waals surface area contributed by atoms with Crippen LogP contribution < -0.4 is 0 Å². The van der Waals surface area contributed by atoms with Crippen LogP contribution in [0.1, 0.15) is 5.56 Å². The van der Waals surface area contributed by atoms with Crippen LogP contribution >= 0.6 is 34.0 Å². The molecule has 0 unspecified atom stereocenters. The van der Waals surface area contributed by atoms with E-state index in [0.29, 0.717) is 0 Å². The van der Waals surface area contributed by atoms with E-state index in [-0.39, 0.29) is 0 Å². The number of hydrogen-bond donors (Lipinski definition) is 0. The van der Waals surface area contributed by atoms with Crippen molar-refractivity contribution in [3.63, 3.8) is 0 Å². The Kier molecular flexibility index (Phi) is 4.18. The first-order valence-corrected chi connectivity index (χ1v) is 12.9. The van der Waals surface area contributed by atoms with Crippen molar-refractivity contribution in [1.29, 1.82) is 0 Å². The molecule has 0 amide bonds. The summed E-state index contributed by atoms with van der Waals surface area (Å²) in [5.74, 6) is 3.46. The van der Waals surface area contributed by atoms with Crippen LogP contribution in [-0.2, 0) is 0 Å². The molecule has 0 atom stereocenters. The predicted octanol–water partition coefficient (Wildman–Crippen LogP) is 6.43. The van der Waals surface area contributed by atoms with Crippen LogP contribution in [0.2, 0.25) is 19.6 Å². The third-order valence-electron chi connectivity index (χ3n) is 2.81. The molecule has 21 heavy (non-hydrogen) atoms. The Labute approximate surface area is 139 Å². The van der Waals surface area contributed by atoms with Gasteiger partial charge in [0.15, 0.2) is 0 Å². The molecule has 3 aromatic rings. The monoisotopic (exact) mass is 344 g/mol. The number of thiophene rings is 3. The summed E-state index contributed by atoms with van der Waals surface area (Å²) >= 11 is 5.44. The van der Waals surface area contributed by atoms with Gasteiger partial charge in [-0.1, -0.05) is 37.7 Å². The highest BCUT2D eigenvalue weighted by atomic mass is 32.1. The zero-order valence-electron chi connectivity index (χ0n) is 12.3. The van der Waals surface area contributed by atoms with Crippen LogP contribution in [0.5, 0.6) is 0 Å². The van der Waals surface area contributed by atoms with E-state index in [0.717, 1.165) is 0 Å². The second kappa shape index (κ2) is 5.94. The topological polar surface area (TPSA) is 0 Å². The summed E-state index contributed by atoms with van der Waals surface area (Å²) in [7, 11) is -1.36. The van der Waals surface area contributed by atoms with E-state index < -0.39 is 8.07 Å². The molecule has 0 spiro atoms. The van der Waals surface area contributed by atoms with Crippen molar-refractivity contribution in [2.24, 2.45) is 0 Å². The van der Waals surface area contributed by atoms with Crippen LogP contribution in [0.25, 0.3) is 19.5 Å². The summed E-state index contributed by atoms with van der Waals surface area (Å²) in [6.45, 7) is 6.87. The number of hydrogen-bond acceptors (Lipinski definition) is 3. The molecular formula is C17H16S3Si. The Balaban J connectivity index is 2.10. The summed E-state index contributed by atoms with van der Waals surface area (Å²) in [6.07, 6.45) is 0. The third kappa shape index (κ3) is 3.56. The maximum Gasteiger partial charge on any atom is 0.129 e. The normalized spacial score (nSPS) is 11.2. The number of rotatable bonds is 2. The fourth-order valence-corrected chi connectivity index (χ4v) is 5.19. The Morgan fingerprint density at radius 1 is 0.905 bits per heavy atom. The first kappa shape index (κ1) is 14.8. The molecule has 0 saturated heterocycles. The maximum atomic E-state index is 3.50. The summed E-state index contributed by atoms with van der Waals surface area (Å²) in [5.41, 5.74) is 4.69. The smallest absolute Gasteiger partial charge is 0.129 e. The molecule has 4 heteroatoms. The van der Waals surface area contributed by atoms with E-state index in [2.05, 4.69) is 72.2 Å². The molecule has 3 rings (SSSR count). The van der Waals surface area contributed by atoms with Crippen molar-refractivity contribution in [1.82, 2.24) is 0 Å². The van der Waals surface area contributed by atoms with Gasteiger partial charge >= 0.3 is 0 Å². The van der Waals surface area contributed by atoms with Crippen LogP contribution in [-0.4, -0.2) is 8.07 Å². The van der Waals surface area contributed by atoms with Gasteiger partial charge in [0, 0.05) is 20.2 Å². The zero-order valence-corrected chi connectivity index (χ0v) is 15.7. The third-order valence-corrected chi connectivity index (χ3v) is 6.94. The van der Waals surface area contributed by atoms with Gasteiger partial charge in [0.05, 0.1) is 4.88 Å². The lowest BCUT2D eigenvalue weighted by Gasteiger charge is -2.03. The van der Waals surface area contributed by atoms with Crippen molar-refractivity contribution in [2.45, 2.75) is 19.6 Å². The van der Waals surface area contributed by atoms with E-state index >= 15 is 0 Å². The largest absolute Gasteiger partial charge is 0.143 e. The molecule has 0 aliphatic heterocycles. The highest BCUT2D eigenvalue weighted by Crippen LogP contribution is 2.41.